The third-order valence-electron chi connectivity index (χ3n) is 4.61. The van der Waals surface area contributed by atoms with Crippen molar-refractivity contribution < 1.29 is 9.18 Å². The van der Waals surface area contributed by atoms with E-state index in [0.29, 0.717) is 12.0 Å². The monoisotopic (exact) mass is 366 g/mol. The van der Waals surface area contributed by atoms with Crippen LogP contribution in [0.1, 0.15) is 110 Å². The Labute approximate surface area is 162 Å². The van der Waals surface area contributed by atoms with Crippen molar-refractivity contribution in [1.82, 2.24) is 0 Å². The second-order valence-corrected chi connectivity index (χ2v) is 6.94. The first-order valence-corrected chi connectivity index (χ1v) is 10.7. The Balaban J connectivity index is 0. The van der Waals surface area contributed by atoms with Crippen LogP contribution >= 0.6 is 0 Å². The zero-order valence-electron chi connectivity index (χ0n) is 18.6. The highest BCUT2D eigenvalue weighted by atomic mass is 19.1. The topological polar surface area (TPSA) is 17.1 Å². The van der Waals surface area contributed by atoms with E-state index < -0.39 is 0 Å². The van der Waals surface area contributed by atoms with Crippen LogP contribution in [0.2, 0.25) is 0 Å². The van der Waals surface area contributed by atoms with Gasteiger partial charge in [0.15, 0.2) is 0 Å². The first kappa shape index (κ1) is 27.0. The third-order valence-corrected chi connectivity index (χ3v) is 4.61. The maximum absolute atomic E-state index is 13.0. The number of aryl methyl sites for hydroxylation is 1. The van der Waals surface area contributed by atoms with Gasteiger partial charge in [0.25, 0.3) is 0 Å². The molecule has 0 bridgehead atoms. The number of carbonyl (C=O) groups excluding carboxylic acids is 1. The quantitative estimate of drug-likeness (QED) is 0.430. The van der Waals surface area contributed by atoms with E-state index in [-0.39, 0.29) is 17.5 Å². The van der Waals surface area contributed by atoms with Crippen LogP contribution in [0.3, 0.4) is 0 Å². The van der Waals surface area contributed by atoms with E-state index in [1.165, 1.54) is 44.6 Å². The molecule has 0 heterocycles. The van der Waals surface area contributed by atoms with Gasteiger partial charge in [-0.2, -0.15) is 0 Å². The van der Waals surface area contributed by atoms with Crippen LogP contribution in [0, 0.1) is 18.7 Å². The van der Waals surface area contributed by atoms with Crippen molar-refractivity contribution in [2.45, 2.75) is 106 Å². The molecule has 0 N–H and O–H groups in total. The molecule has 152 valence electrons. The summed E-state index contributed by atoms with van der Waals surface area (Å²) in [7, 11) is 0. The maximum atomic E-state index is 13.0. The summed E-state index contributed by atoms with van der Waals surface area (Å²) in [5, 5.41) is 0. The molecule has 2 heteroatoms. The second-order valence-electron chi connectivity index (χ2n) is 6.94. The van der Waals surface area contributed by atoms with Crippen LogP contribution in [-0.4, -0.2) is 5.78 Å². The van der Waals surface area contributed by atoms with E-state index in [2.05, 4.69) is 20.8 Å². The van der Waals surface area contributed by atoms with E-state index in [0.717, 1.165) is 11.5 Å². The van der Waals surface area contributed by atoms with Crippen LogP contribution < -0.4 is 0 Å². The Morgan fingerprint density at radius 2 is 1.50 bits per heavy atom. The standard InChI is InChI=1S/C12H15FO.C10H22.C2H6/c1-4-12(14)9(3)10-5-6-11(13)8(2)7-10;1-4-6-8-10(3)9-7-5-2;1-2/h5-7,9H,4H2,1-3H3;10H,4-9H2,1-3H3;1-2H3. The van der Waals surface area contributed by atoms with Gasteiger partial charge >= 0.3 is 0 Å². The molecule has 0 aliphatic rings. The molecule has 1 nitrogen and oxygen atoms in total. The minimum absolute atomic E-state index is 0.126. The van der Waals surface area contributed by atoms with Crippen molar-refractivity contribution in [3.63, 3.8) is 0 Å². The fourth-order valence-electron chi connectivity index (χ4n) is 2.68. The van der Waals surface area contributed by atoms with Gasteiger partial charge in [0.2, 0.25) is 0 Å². The molecule has 0 aliphatic heterocycles. The number of halogens is 1. The average Bonchev–Trinajstić information content (AvgIpc) is 2.67. The van der Waals surface area contributed by atoms with E-state index in [1.54, 1.807) is 19.1 Å². The molecule has 0 saturated carbocycles. The van der Waals surface area contributed by atoms with Crippen molar-refractivity contribution in [2.75, 3.05) is 0 Å². The molecule has 1 aromatic rings. The zero-order valence-corrected chi connectivity index (χ0v) is 18.6. The lowest BCUT2D eigenvalue weighted by atomic mass is 9.94. The summed E-state index contributed by atoms with van der Waals surface area (Å²) in [6.07, 6.45) is 8.97. The van der Waals surface area contributed by atoms with Gasteiger partial charge in [-0.25, -0.2) is 4.39 Å². The lowest BCUT2D eigenvalue weighted by Crippen LogP contribution is -2.07. The van der Waals surface area contributed by atoms with Crippen molar-refractivity contribution in [1.29, 1.82) is 0 Å². The fourth-order valence-corrected chi connectivity index (χ4v) is 2.68. The summed E-state index contributed by atoms with van der Waals surface area (Å²) in [6.45, 7) is 16.3. The van der Waals surface area contributed by atoms with Crippen LogP contribution in [0.5, 0.6) is 0 Å². The molecule has 0 aliphatic carbocycles. The highest BCUT2D eigenvalue weighted by molar-refractivity contribution is 5.85. The molecule has 26 heavy (non-hydrogen) atoms. The smallest absolute Gasteiger partial charge is 0.139 e. The Morgan fingerprint density at radius 1 is 1.00 bits per heavy atom. The summed E-state index contributed by atoms with van der Waals surface area (Å²) in [6, 6.07) is 4.85. The number of rotatable bonds is 9. The van der Waals surface area contributed by atoms with Crippen molar-refractivity contribution in [2.24, 2.45) is 5.92 Å². The lowest BCUT2D eigenvalue weighted by molar-refractivity contribution is -0.119. The Hall–Kier alpha value is -1.18. The summed E-state index contributed by atoms with van der Waals surface area (Å²) in [4.78, 5) is 11.4. The Bertz CT molecular complexity index is 459. The van der Waals surface area contributed by atoms with Crippen molar-refractivity contribution in [3.8, 4) is 0 Å². The van der Waals surface area contributed by atoms with E-state index in [9.17, 15) is 9.18 Å². The predicted octanol–water partition coefficient (Wildman–Crippen LogP) is 8.25. The number of Topliss-reactive ketones (excluding diaryl/α,β-unsaturated/α-hetero) is 1. The van der Waals surface area contributed by atoms with Gasteiger partial charge < -0.3 is 0 Å². The molecule has 1 atom stereocenters. The second kappa shape index (κ2) is 17.2. The minimum Gasteiger partial charge on any atom is -0.299 e. The number of unbranched alkanes of at least 4 members (excludes halogenated alkanes) is 2. The molecular weight excluding hydrogens is 323 g/mol. The van der Waals surface area contributed by atoms with Gasteiger partial charge in [0.05, 0.1) is 0 Å². The van der Waals surface area contributed by atoms with Gasteiger partial charge in [0.1, 0.15) is 11.6 Å². The van der Waals surface area contributed by atoms with Gasteiger partial charge in [-0.05, 0) is 30.0 Å². The number of benzene rings is 1. The number of ketones is 1. The van der Waals surface area contributed by atoms with E-state index in [4.69, 9.17) is 0 Å². The summed E-state index contributed by atoms with van der Waals surface area (Å²) < 4.78 is 13.0. The molecule has 0 amide bonds. The normalized spacial score (nSPS) is 11.2. The highest BCUT2D eigenvalue weighted by Gasteiger charge is 2.13. The first-order valence-electron chi connectivity index (χ1n) is 10.7. The van der Waals surface area contributed by atoms with Gasteiger partial charge in [-0.1, -0.05) is 99.1 Å². The summed E-state index contributed by atoms with van der Waals surface area (Å²) >= 11 is 0. The minimum atomic E-state index is -0.218. The number of hydrogen-bond acceptors (Lipinski definition) is 1. The largest absolute Gasteiger partial charge is 0.299 e. The summed E-state index contributed by atoms with van der Waals surface area (Å²) in [5.41, 5.74) is 1.49. The van der Waals surface area contributed by atoms with Crippen LogP contribution in [-0.2, 0) is 4.79 Å². The van der Waals surface area contributed by atoms with Gasteiger partial charge in [0, 0.05) is 12.3 Å². The number of hydrogen-bond donors (Lipinski definition) is 0. The molecule has 0 spiro atoms. The highest BCUT2D eigenvalue weighted by Crippen LogP contribution is 2.20. The fraction of sp³-hybridized carbons (Fsp3) is 0.708. The predicted molar refractivity (Wildman–Crippen MR) is 114 cm³/mol. The molecule has 0 fully saturated rings. The Kier molecular flexibility index (Phi) is 17.9. The molecule has 0 saturated heterocycles. The van der Waals surface area contributed by atoms with E-state index >= 15 is 0 Å². The van der Waals surface area contributed by atoms with E-state index in [1.807, 2.05) is 27.7 Å². The van der Waals surface area contributed by atoms with Gasteiger partial charge in [-0.15, -0.1) is 0 Å². The number of carbonyl (C=O) groups is 1. The molecule has 0 aromatic heterocycles. The first-order chi connectivity index (χ1) is 12.4. The van der Waals surface area contributed by atoms with Gasteiger partial charge in [-0.3, -0.25) is 4.79 Å². The van der Waals surface area contributed by atoms with Crippen LogP contribution in [0.25, 0.3) is 0 Å². The van der Waals surface area contributed by atoms with Crippen LogP contribution in [0.4, 0.5) is 4.39 Å². The molecule has 0 radical (unpaired) electrons. The van der Waals surface area contributed by atoms with Crippen LogP contribution in [0.15, 0.2) is 18.2 Å². The SMILES string of the molecule is CC.CCC(=O)C(C)c1ccc(F)c(C)c1.CCCCC(C)CCCC. The molecule has 1 rings (SSSR count). The average molecular weight is 367 g/mol. The van der Waals surface area contributed by atoms with Crippen molar-refractivity contribution >= 4 is 5.78 Å². The molecule has 1 aromatic carbocycles. The lowest BCUT2D eigenvalue weighted by Gasteiger charge is -2.10. The maximum Gasteiger partial charge on any atom is 0.139 e. The third kappa shape index (κ3) is 12.2. The summed E-state index contributed by atoms with van der Waals surface area (Å²) in [5.74, 6) is 0.820. The molecular formula is C24H43FO. The Morgan fingerprint density at radius 3 is 1.88 bits per heavy atom. The molecule has 1 unspecified atom stereocenters. The zero-order chi connectivity index (χ0) is 20.5. The van der Waals surface area contributed by atoms with Crippen molar-refractivity contribution in [3.05, 3.63) is 35.1 Å².